The zero-order valence-corrected chi connectivity index (χ0v) is 22.2. The molecule has 3 aromatic carbocycles. The van der Waals surface area contributed by atoms with Crippen LogP contribution in [-0.2, 0) is 5.41 Å². The Balaban J connectivity index is 1.28. The van der Waals surface area contributed by atoms with Crippen molar-refractivity contribution in [1.29, 1.82) is 0 Å². The molecule has 0 radical (unpaired) electrons. The second kappa shape index (κ2) is 7.51. The Kier molecular flexibility index (Phi) is 4.35. The third-order valence-electron chi connectivity index (χ3n) is 10.0. The predicted octanol–water partition coefficient (Wildman–Crippen LogP) is 7.88. The van der Waals surface area contributed by atoms with Crippen LogP contribution in [-0.4, -0.2) is 21.9 Å². The summed E-state index contributed by atoms with van der Waals surface area (Å²) in [6, 6.07) is 27.2. The molecule has 4 unspecified atom stereocenters. The molecule has 2 heteroatoms. The average Bonchev–Trinajstić information content (AvgIpc) is 3.50. The highest BCUT2D eigenvalue weighted by Crippen LogP contribution is 2.74. The van der Waals surface area contributed by atoms with Gasteiger partial charge in [-0.1, -0.05) is 97.4 Å². The number of nitrogens with zero attached hydrogens (tertiary/aromatic N) is 2. The Hall–Kier alpha value is -4.04. The summed E-state index contributed by atoms with van der Waals surface area (Å²) in [6.07, 6.45) is 16.4. The van der Waals surface area contributed by atoms with Crippen molar-refractivity contribution in [1.82, 2.24) is 9.80 Å². The number of benzene rings is 3. The van der Waals surface area contributed by atoms with Gasteiger partial charge in [0.1, 0.15) is 0 Å². The van der Waals surface area contributed by atoms with E-state index in [2.05, 4.69) is 146 Å². The van der Waals surface area contributed by atoms with Gasteiger partial charge in [0.15, 0.2) is 0 Å². The van der Waals surface area contributed by atoms with Gasteiger partial charge in [-0.2, -0.15) is 0 Å². The monoisotopic (exact) mass is 492 g/mol. The van der Waals surface area contributed by atoms with E-state index in [1.165, 1.54) is 50.3 Å². The van der Waals surface area contributed by atoms with E-state index in [0.717, 1.165) is 6.54 Å². The van der Waals surface area contributed by atoms with Crippen molar-refractivity contribution in [2.24, 2.45) is 5.92 Å². The SMILES string of the molecule is Cc1ccc(C2=CC3c4ccccc4C=C(C4C5(C)c6ccccc6C6=CC=CCN6C45C)N3C=C2)cc1. The topological polar surface area (TPSA) is 6.48 Å². The van der Waals surface area contributed by atoms with Crippen LogP contribution in [0.15, 0.2) is 115 Å². The predicted molar refractivity (Wildman–Crippen MR) is 157 cm³/mol. The first kappa shape index (κ1) is 22.0. The second-order valence-corrected chi connectivity index (χ2v) is 11.8. The molecular weight excluding hydrogens is 460 g/mol. The lowest BCUT2D eigenvalue weighted by molar-refractivity contribution is 0.260. The molecule has 2 nitrogen and oxygen atoms in total. The highest BCUT2D eigenvalue weighted by atomic mass is 15.3. The number of rotatable bonds is 2. The molecule has 1 fully saturated rings. The smallest absolute Gasteiger partial charge is 0.0781 e. The fourth-order valence-electron chi connectivity index (χ4n) is 7.94. The van der Waals surface area contributed by atoms with E-state index in [1.54, 1.807) is 0 Å². The van der Waals surface area contributed by atoms with E-state index < -0.39 is 0 Å². The quantitative estimate of drug-likeness (QED) is 0.359. The largest absolute Gasteiger partial charge is 0.360 e. The molecule has 4 aliphatic heterocycles. The molecule has 186 valence electrons. The Morgan fingerprint density at radius 3 is 2.55 bits per heavy atom. The van der Waals surface area contributed by atoms with Crippen molar-refractivity contribution in [3.63, 3.8) is 0 Å². The van der Waals surface area contributed by atoms with Crippen molar-refractivity contribution in [3.05, 3.63) is 148 Å². The van der Waals surface area contributed by atoms with Crippen molar-refractivity contribution >= 4 is 17.3 Å². The average molecular weight is 493 g/mol. The molecular formula is C36H32N2. The van der Waals surface area contributed by atoms with Gasteiger partial charge >= 0.3 is 0 Å². The van der Waals surface area contributed by atoms with Crippen LogP contribution in [0.4, 0.5) is 0 Å². The summed E-state index contributed by atoms with van der Waals surface area (Å²) in [5.41, 5.74) is 12.3. The fraction of sp³-hybridized carbons (Fsp3) is 0.222. The van der Waals surface area contributed by atoms with Crippen molar-refractivity contribution < 1.29 is 0 Å². The molecule has 0 saturated heterocycles. The minimum atomic E-state index is 0.00933. The highest BCUT2D eigenvalue weighted by Gasteiger charge is 2.78. The summed E-state index contributed by atoms with van der Waals surface area (Å²) >= 11 is 0. The first-order chi connectivity index (χ1) is 18.5. The highest BCUT2D eigenvalue weighted by molar-refractivity contribution is 5.81. The third kappa shape index (κ3) is 2.68. The molecule has 1 aliphatic carbocycles. The first-order valence-electron chi connectivity index (χ1n) is 13.8. The molecule has 0 N–H and O–H groups in total. The van der Waals surface area contributed by atoms with Gasteiger partial charge < -0.3 is 9.80 Å². The molecule has 38 heavy (non-hydrogen) atoms. The van der Waals surface area contributed by atoms with Gasteiger partial charge in [0.25, 0.3) is 0 Å². The fourth-order valence-corrected chi connectivity index (χ4v) is 7.94. The lowest BCUT2D eigenvalue weighted by Gasteiger charge is -2.43. The summed E-state index contributed by atoms with van der Waals surface area (Å²) in [5, 5.41) is 0. The van der Waals surface area contributed by atoms with Crippen LogP contribution in [0.2, 0.25) is 0 Å². The number of allylic oxidation sites excluding steroid dienone is 4. The normalized spacial score (nSPS) is 29.7. The lowest BCUT2D eigenvalue weighted by atomic mass is 9.81. The van der Waals surface area contributed by atoms with E-state index in [0.29, 0.717) is 5.92 Å². The van der Waals surface area contributed by atoms with Gasteiger partial charge in [-0.05, 0) is 66.0 Å². The maximum absolute atomic E-state index is 2.68. The maximum Gasteiger partial charge on any atom is 0.0781 e. The third-order valence-corrected chi connectivity index (χ3v) is 10.0. The van der Waals surface area contributed by atoms with Gasteiger partial charge in [-0.25, -0.2) is 0 Å². The molecule has 0 aromatic heterocycles. The maximum atomic E-state index is 2.68. The van der Waals surface area contributed by atoms with Gasteiger partial charge in [0, 0.05) is 41.0 Å². The number of aryl methyl sites for hydroxylation is 1. The van der Waals surface area contributed by atoms with E-state index >= 15 is 0 Å². The number of hydrogen-bond donors (Lipinski definition) is 0. The molecule has 0 amide bonds. The van der Waals surface area contributed by atoms with Gasteiger partial charge in [-0.3, -0.25) is 0 Å². The van der Waals surface area contributed by atoms with E-state index in [1.807, 2.05) is 0 Å². The Morgan fingerprint density at radius 1 is 0.895 bits per heavy atom. The van der Waals surface area contributed by atoms with E-state index in [9.17, 15) is 0 Å². The number of fused-ring (bicyclic) bond motifs is 9. The molecule has 4 heterocycles. The summed E-state index contributed by atoms with van der Waals surface area (Å²) in [6.45, 7) is 8.11. The standard InChI is InChI=1S/C36H32N2/c1-24-15-17-25(18-16-24)26-19-21-37-32(22-26)28-11-5-4-10-27(28)23-33(37)34-35(2)30-13-7-6-12-29(30)31-14-8-9-20-38(31)36(34,35)3/h4-19,21-23,32,34H,20H2,1-3H3. The Labute approximate surface area is 225 Å². The van der Waals surface area contributed by atoms with Crippen LogP contribution in [0, 0.1) is 12.8 Å². The zero-order valence-electron chi connectivity index (χ0n) is 22.2. The van der Waals surface area contributed by atoms with Gasteiger partial charge in [0.05, 0.1) is 11.6 Å². The summed E-state index contributed by atoms with van der Waals surface area (Å²) in [4.78, 5) is 5.24. The summed E-state index contributed by atoms with van der Waals surface area (Å²) in [5.74, 6) is 0.378. The Morgan fingerprint density at radius 2 is 1.68 bits per heavy atom. The van der Waals surface area contributed by atoms with Crippen LogP contribution in [0.3, 0.4) is 0 Å². The minimum Gasteiger partial charge on any atom is -0.360 e. The second-order valence-electron chi connectivity index (χ2n) is 11.8. The molecule has 8 rings (SSSR count). The van der Waals surface area contributed by atoms with Crippen LogP contribution in [0.1, 0.15) is 53.3 Å². The van der Waals surface area contributed by atoms with E-state index in [-0.39, 0.29) is 17.0 Å². The van der Waals surface area contributed by atoms with E-state index in [4.69, 9.17) is 0 Å². The molecule has 0 bridgehead atoms. The summed E-state index contributed by atoms with van der Waals surface area (Å²) < 4.78 is 0. The lowest BCUT2D eigenvalue weighted by Crippen LogP contribution is -2.44. The Bertz CT molecular complexity index is 1650. The molecule has 4 atom stereocenters. The summed E-state index contributed by atoms with van der Waals surface area (Å²) in [7, 11) is 0. The molecule has 5 aliphatic rings. The van der Waals surface area contributed by atoms with Gasteiger partial charge in [-0.15, -0.1) is 0 Å². The van der Waals surface area contributed by atoms with Crippen LogP contribution >= 0.6 is 0 Å². The van der Waals surface area contributed by atoms with Gasteiger partial charge in [0.2, 0.25) is 0 Å². The number of hydrogen-bond acceptors (Lipinski definition) is 2. The molecule has 0 spiro atoms. The van der Waals surface area contributed by atoms with Crippen LogP contribution in [0.5, 0.6) is 0 Å². The van der Waals surface area contributed by atoms with Crippen molar-refractivity contribution in [3.8, 4) is 0 Å². The minimum absolute atomic E-state index is 0.00933. The van der Waals surface area contributed by atoms with Crippen LogP contribution < -0.4 is 0 Å². The molecule has 1 saturated carbocycles. The first-order valence-corrected chi connectivity index (χ1v) is 13.8. The van der Waals surface area contributed by atoms with Crippen molar-refractivity contribution in [2.75, 3.05) is 6.54 Å². The van der Waals surface area contributed by atoms with Crippen LogP contribution in [0.25, 0.3) is 17.3 Å². The van der Waals surface area contributed by atoms with Crippen molar-refractivity contribution in [2.45, 2.75) is 37.8 Å². The molecule has 3 aromatic rings. The zero-order chi connectivity index (χ0) is 25.6.